The van der Waals surface area contributed by atoms with E-state index in [1.165, 1.54) is 11.8 Å². The van der Waals surface area contributed by atoms with Gasteiger partial charge in [0.2, 0.25) is 5.88 Å². The van der Waals surface area contributed by atoms with Crippen molar-refractivity contribution < 1.29 is 14.3 Å². The van der Waals surface area contributed by atoms with Crippen LogP contribution in [0.25, 0.3) is 0 Å². The van der Waals surface area contributed by atoms with Crippen molar-refractivity contribution in [1.29, 1.82) is 0 Å². The third-order valence-corrected chi connectivity index (χ3v) is 1.54. The fourth-order valence-corrected chi connectivity index (χ4v) is 0.955. The van der Waals surface area contributed by atoms with E-state index in [0.29, 0.717) is 18.2 Å². The minimum atomic E-state index is -0.416. The van der Waals surface area contributed by atoms with Crippen LogP contribution in [0.1, 0.15) is 45.1 Å². The van der Waals surface area contributed by atoms with Gasteiger partial charge in [0.25, 0.3) is 0 Å². The highest BCUT2D eigenvalue weighted by Crippen LogP contribution is 2.11. The Morgan fingerprint density at radius 1 is 1.35 bits per heavy atom. The first-order valence-electron chi connectivity index (χ1n) is 5.94. The summed E-state index contributed by atoms with van der Waals surface area (Å²) < 4.78 is 11.1. The van der Waals surface area contributed by atoms with E-state index in [0.717, 1.165) is 0 Å². The van der Waals surface area contributed by atoms with Crippen LogP contribution in [-0.4, -0.2) is 29.5 Å². The molecular weight excluding hydrogens is 220 g/mol. The Morgan fingerprint density at radius 3 is 2.29 bits per heavy atom. The monoisotopic (exact) mass is 244 g/mol. The number of aryl methyl sites for hydroxylation is 1. The second-order valence-corrected chi connectivity index (χ2v) is 2.42. The Balaban J connectivity index is 0. The number of carbonyl (C=O) groups excluding carboxylic acids is 1. The number of hydrogen-bond donors (Lipinski definition) is 0. The molecule has 0 aliphatic heterocycles. The van der Waals surface area contributed by atoms with E-state index in [4.69, 9.17) is 4.74 Å². The third kappa shape index (κ3) is 5.94. The fraction of sp³-hybridized carbons (Fsp3) is 0.667. The average Bonchev–Trinajstić information content (AvgIpc) is 2.75. The molecule has 0 saturated carbocycles. The van der Waals surface area contributed by atoms with Crippen molar-refractivity contribution in [1.82, 2.24) is 9.78 Å². The predicted octanol–water partition coefficient (Wildman–Crippen LogP) is 2.66. The van der Waals surface area contributed by atoms with Crippen molar-refractivity contribution in [2.45, 2.75) is 34.6 Å². The maximum absolute atomic E-state index is 11.1. The van der Waals surface area contributed by atoms with Crippen molar-refractivity contribution in [2.24, 2.45) is 7.05 Å². The van der Waals surface area contributed by atoms with Gasteiger partial charge in [-0.3, -0.25) is 4.68 Å². The van der Waals surface area contributed by atoms with Gasteiger partial charge < -0.3 is 9.47 Å². The SMILES string of the molecule is CC.CC.CCOc1cc(C(=O)OC)n(C)n1. The second-order valence-electron chi connectivity index (χ2n) is 2.42. The highest BCUT2D eigenvalue weighted by Gasteiger charge is 2.13. The Labute approximate surface area is 104 Å². The van der Waals surface area contributed by atoms with Crippen LogP contribution in [0.3, 0.4) is 0 Å². The molecule has 100 valence electrons. The number of rotatable bonds is 3. The van der Waals surface area contributed by atoms with Gasteiger partial charge in [0.1, 0.15) is 5.69 Å². The second kappa shape index (κ2) is 11.0. The lowest BCUT2D eigenvalue weighted by molar-refractivity contribution is 0.0588. The van der Waals surface area contributed by atoms with Crippen LogP contribution in [0.5, 0.6) is 5.88 Å². The van der Waals surface area contributed by atoms with Crippen LogP contribution in [0.2, 0.25) is 0 Å². The molecule has 0 radical (unpaired) electrons. The normalized spacial score (nSPS) is 8.18. The first-order chi connectivity index (χ1) is 8.19. The van der Waals surface area contributed by atoms with Crippen LogP contribution in [0.15, 0.2) is 6.07 Å². The van der Waals surface area contributed by atoms with Gasteiger partial charge in [0, 0.05) is 13.1 Å². The number of hydrogen-bond acceptors (Lipinski definition) is 4. The zero-order valence-corrected chi connectivity index (χ0v) is 11.9. The Morgan fingerprint density at radius 2 is 1.88 bits per heavy atom. The van der Waals surface area contributed by atoms with E-state index in [2.05, 4.69) is 9.84 Å². The highest BCUT2D eigenvalue weighted by atomic mass is 16.5. The van der Waals surface area contributed by atoms with Gasteiger partial charge in [-0.2, -0.15) is 0 Å². The molecule has 0 fully saturated rings. The number of nitrogens with zero attached hydrogens (tertiary/aromatic N) is 2. The maximum Gasteiger partial charge on any atom is 0.356 e. The molecule has 5 heteroatoms. The molecule has 5 nitrogen and oxygen atoms in total. The lowest BCUT2D eigenvalue weighted by atomic mass is 10.4. The van der Waals surface area contributed by atoms with Crippen molar-refractivity contribution in [2.75, 3.05) is 13.7 Å². The van der Waals surface area contributed by atoms with E-state index >= 15 is 0 Å². The topological polar surface area (TPSA) is 53.4 Å². The molecule has 1 rings (SSSR count). The fourth-order valence-electron chi connectivity index (χ4n) is 0.955. The zero-order valence-electron chi connectivity index (χ0n) is 11.9. The number of carbonyl (C=O) groups is 1. The summed E-state index contributed by atoms with van der Waals surface area (Å²) in [6.45, 7) is 10.4. The summed E-state index contributed by atoms with van der Waals surface area (Å²) in [5.41, 5.74) is 0.381. The smallest absolute Gasteiger partial charge is 0.356 e. The van der Waals surface area contributed by atoms with Crippen LogP contribution in [0, 0.1) is 0 Å². The van der Waals surface area contributed by atoms with Crippen LogP contribution < -0.4 is 4.74 Å². The molecule has 0 atom stereocenters. The number of methoxy groups -OCH3 is 1. The van der Waals surface area contributed by atoms with Crippen molar-refractivity contribution >= 4 is 5.97 Å². The molecule has 0 amide bonds. The molecule has 0 spiro atoms. The summed E-state index contributed by atoms with van der Waals surface area (Å²) in [7, 11) is 2.99. The van der Waals surface area contributed by atoms with Gasteiger partial charge in [-0.15, -0.1) is 5.10 Å². The maximum atomic E-state index is 11.1. The molecule has 0 aliphatic carbocycles. The van der Waals surface area contributed by atoms with Gasteiger partial charge in [0.05, 0.1) is 13.7 Å². The van der Waals surface area contributed by atoms with Gasteiger partial charge in [-0.05, 0) is 6.92 Å². The molecule has 1 aromatic heterocycles. The first-order valence-corrected chi connectivity index (χ1v) is 5.94. The molecule has 1 aromatic rings. The summed E-state index contributed by atoms with van der Waals surface area (Å²) in [6.07, 6.45) is 0. The van der Waals surface area contributed by atoms with Crippen molar-refractivity contribution in [3.05, 3.63) is 11.8 Å². The molecular formula is C12H24N2O3. The van der Waals surface area contributed by atoms with Gasteiger partial charge in [-0.25, -0.2) is 4.79 Å². The molecule has 17 heavy (non-hydrogen) atoms. The summed E-state index contributed by atoms with van der Waals surface area (Å²) >= 11 is 0. The van der Waals surface area contributed by atoms with Crippen molar-refractivity contribution in [3.8, 4) is 5.88 Å². The van der Waals surface area contributed by atoms with Crippen LogP contribution in [-0.2, 0) is 11.8 Å². The third-order valence-electron chi connectivity index (χ3n) is 1.54. The number of esters is 1. The number of ether oxygens (including phenoxy) is 2. The minimum Gasteiger partial charge on any atom is -0.477 e. The lowest BCUT2D eigenvalue weighted by Crippen LogP contribution is -2.07. The Bertz CT molecular complexity index is 309. The molecule has 0 unspecified atom stereocenters. The Kier molecular flexibility index (Phi) is 11.5. The summed E-state index contributed by atoms with van der Waals surface area (Å²) in [6, 6.07) is 1.55. The average molecular weight is 244 g/mol. The first kappa shape index (κ1) is 17.9. The number of aromatic nitrogens is 2. The zero-order chi connectivity index (χ0) is 13.8. The van der Waals surface area contributed by atoms with E-state index in [9.17, 15) is 4.79 Å². The molecule has 0 N–H and O–H groups in total. The largest absolute Gasteiger partial charge is 0.477 e. The van der Waals surface area contributed by atoms with E-state index in [1.807, 2.05) is 34.6 Å². The van der Waals surface area contributed by atoms with E-state index in [-0.39, 0.29) is 0 Å². The summed E-state index contributed by atoms with van der Waals surface area (Å²) in [4.78, 5) is 11.1. The van der Waals surface area contributed by atoms with Crippen molar-refractivity contribution in [3.63, 3.8) is 0 Å². The predicted molar refractivity (Wildman–Crippen MR) is 68.4 cm³/mol. The highest BCUT2D eigenvalue weighted by molar-refractivity contribution is 5.87. The Hall–Kier alpha value is -1.52. The standard InChI is InChI=1S/C8H12N2O3.2C2H6/c1-4-13-7-5-6(8(11)12-3)10(2)9-7;2*1-2/h5H,4H2,1-3H3;2*1-2H3. The molecule has 0 aliphatic rings. The quantitative estimate of drug-likeness (QED) is 0.767. The molecule has 1 heterocycles. The minimum absolute atomic E-state index is 0.381. The summed E-state index contributed by atoms with van der Waals surface area (Å²) in [5.74, 6) is 0.0198. The molecule has 0 saturated heterocycles. The van der Waals surface area contributed by atoms with E-state index < -0.39 is 5.97 Å². The lowest BCUT2D eigenvalue weighted by Gasteiger charge is -1.96. The molecule has 0 aromatic carbocycles. The summed E-state index contributed by atoms with van der Waals surface area (Å²) in [5, 5.41) is 3.96. The van der Waals surface area contributed by atoms with Gasteiger partial charge in [0.15, 0.2) is 0 Å². The van der Waals surface area contributed by atoms with Crippen LogP contribution >= 0.6 is 0 Å². The van der Waals surface area contributed by atoms with Gasteiger partial charge in [-0.1, -0.05) is 27.7 Å². The van der Waals surface area contributed by atoms with Crippen LogP contribution in [0.4, 0.5) is 0 Å². The van der Waals surface area contributed by atoms with E-state index in [1.54, 1.807) is 13.1 Å². The molecule has 0 bridgehead atoms. The van der Waals surface area contributed by atoms with Gasteiger partial charge >= 0.3 is 5.97 Å².